The molecule has 24 heavy (non-hydrogen) atoms. The summed E-state index contributed by atoms with van der Waals surface area (Å²) in [5.74, 6) is -0.205. The molecule has 1 aromatic heterocycles. The van der Waals surface area contributed by atoms with Crippen LogP contribution in [0.1, 0.15) is 22.9 Å². The molecule has 122 valence electrons. The number of aromatic amines is 1. The quantitative estimate of drug-likeness (QED) is 0.729. The van der Waals surface area contributed by atoms with Crippen LogP contribution >= 0.6 is 0 Å². The highest BCUT2D eigenvalue weighted by Gasteiger charge is 2.33. The summed E-state index contributed by atoms with van der Waals surface area (Å²) in [7, 11) is 1.45. The Morgan fingerprint density at radius 3 is 2.67 bits per heavy atom. The van der Waals surface area contributed by atoms with Gasteiger partial charge in [-0.05, 0) is 23.6 Å². The van der Waals surface area contributed by atoms with E-state index < -0.39 is 0 Å². The Hall–Kier alpha value is -2.59. The minimum atomic E-state index is -0.310. The molecule has 0 amide bonds. The molecule has 2 aromatic carbocycles. The maximum Gasteiger partial charge on any atom is 0.323 e. The summed E-state index contributed by atoms with van der Waals surface area (Å²) in [4.78, 5) is 15.7. The van der Waals surface area contributed by atoms with Crippen LogP contribution in [-0.2, 0) is 22.4 Å². The van der Waals surface area contributed by atoms with E-state index >= 15 is 0 Å². The van der Waals surface area contributed by atoms with Gasteiger partial charge < -0.3 is 9.72 Å². The van der Waals surface area contributed by atoms with Crippen LogP contribution in [0.15, 0.2) is 54.6 Å². The third-order valence-corrected chi connectivity index (χ3v) is 4.77. The predicted octanol–water partition coefficient (Wildman–Crippen LogP) is 3.14. The zero-order chi connectivity index (χ0) is 16.5. The molecule has 4 nitrogen and oxygen atoms in total. The van der Waals surface area contributed by atoms with Gasteiger partial charge in [-0.25, -0.2) is 0 Å². The van der Waals surface area contributed by atoms with Crippen molar-refractivity contribution in [3.63, 3.8) is 0 Å². The molecule has 0 bridgehead atoms. The lowest BCUT2D eigenvalue weighted by Gasteiger charge is -2.30. The van der Waals surface area contributed by atoms with Gasteiger partial charge in [-0.3, -0.25) is 10.1 Å². The molecule has 0 saturated carbocycles. The standard InChI is InChI=1S/C20H20N2O2/c1-24-20(23)18-12-15-14-9-5-6-10-16(14)22-19(15)17(21-18)11-13-7-3-2-4-8-13/h2-10,17-18,21-22H,11-12H2,1H3. The van der Waals surface area contributed by atoms with Crippen LogP contribution in [-0.4, -0.2) is 24.1 Å². The lowest BCUT2D eigenvalue weighted by molar-refractivity contribution is -0.143. The molecule has 0 aliphatic carbocycles. The van der Waals surface area contributed by atoms with Crippen molar-refractivity contribution in [3.8, 4) is 0 Å². The van der Waals surface area contributed by atoms with Crippen LogP contribution in [0, 0.1) is 0 Å². The predicted molar refractivity (Wildman–Crippen MR) is 93.8 cm³/mol. The fourth-order valence-corrected chi connectivity index (χ4v) is 3.63. The number of hydrogen-bond acceptors (Lipinski definition) is 3. The van der Waals surface area contributed by atoms with Gasteiger partial charge in [0.25, 0.3) is 0 Å². The van der Waals surface area contributed by atoms with Crippen LogP contribution in [0.4, 0.5) is 0 Å². The summed E-state index contributed by atoms with van der Waals surface area (Å²) < 4.78 is 4.98. The van der Waals surface area contributed by atoms with E-state index in [-0.39, 0.29) is 18.1 Å². The van der Waals surface area contributed by atoms with Gasteiger partial charge in [0.05, 0.1) is 13.2 Å². The largest absolute Gasteiger partial charge is 0.468 e. The zero-order valence-corrected chi connectivity index (χ0v) is 13.6. The number of carbonyl (C=O) groups excluding carboxylic acids is 1. The second-order valence-electron chi connectivity index (χ2n) is 6.25. The average Bonchev–Trinajstić information content (AvgIpc) is 3.01. The molecule has 0 fully saturated rings. The van der Waals surface area contributed by atoms with Crippen LogP contribution in [0.25, 0.3) is 10.9 Å². The van der Waals surface area contributed by atoms with Crippen molar-refractivity contribution in [2.45, 2.75) is 24.9 Å². The zero-order valence-electron chi connectivity index (χ0n) is 13.6. The van der Waals surface area contributed by atoms with E-state index in [0.29, 0.717) is 6.42 Å². The van der Waals surface area contributed by atoms with E-state index in [9.17, 15) is 4.79 Å². The second kappa shape index (κ2) is 6.13. The number of fused-ring (bicyclic) bond motifs is 3. The summed E-state index contributed by atoms with van der Waals surface area (Å²) in [6.45, 7) is 0. The first-order valence-electron chi connectivity index (χ1n) is 8.23. The van der Waals surface area contributed by atoms with E-state index in [4.69, 9.17) is 4.74 Å². The van der Waals surface area contributed by atoms with Crippen molar-refractivity contribution in [2.24, 2.45) is 0 Å². The first-order valence-corrected chi connectivity index (χ1v) is 8.23. The number of carbonyl (C=O) groups is 1. The van der Waals surface area contributed by atoms with Crippen molar-refractivity contribution in [2.75, 3.05) is 7.11 Å². The molecule has 4 rings (SSSR count). The van der Waals surface area contributed by atoms with E-state index in [1.54, 1.807) is 0 Å². The highest BCUT2D eigenvalue weighted by molar-refractivity contribution is 5.87. The Labute approximate surface area is 140 Å². The molecule has 2 heterocycles. The van der Waals surface area contributed by atoms with Crippen LogP contribution in [0.3, 0.4) is 0 Å². The van der Waals surface area contributed by atoms with Gasteiger partial charge in [-0.2, -0.15) is 0 Å². The molecule has 0 radical (unpaired) electrons. The van der Waals surface area contributed by atoms with Gasteiger partial charge in [0.1, 0.15) is 6.04 Å². The Morgan fingerprint density at radius 1 is 1.12 bits per heavy atom. The summed E-state index contributed by atoms with van der Waals surface area (Å²) in [6, 6.07) is 18.4. The Kier molecular flexibility index (Phi) is 3.82. The van der Waals surface area contributed by atoms with E-state index in [1.807, 2.05) is 30.3 Å². The molecular weight excluding hydrogens is 300 g/mol. The third kappa shape index (κ3) is 2.59. The topological polar surface area (TPSA) is 54.1 Å². The number of H-pyrrole nitrogens is 1. The van der Waals surface area contributed by atoms with Gasteiger partial charge in [0.15, 0.2) is 0 Å². The number of esters is 1. The lowest BCUT2D eigenvalue weighted by atomic mass is 9.91. The third-order valence-electron chi connectivity index (χ3n) is 4.77. The summed E-state index contributed by atoms with van der Waals surface area (Å²) in [5.41, 5.74) is 4.76. The number of ether oxygens (including phenoxy) is 1. The molecule has 0 saturated heterocycles. The smallest absolute Gasteiger partial charge is 0.323 e. The van der Waals surface area contributed by atoms with Gasteiger partial charge in [-0.1, -0.05) is 48.5 Å². The van der Waals surface area contributed by atoms with Crippen molar-refractivity contribution in [3.05, 3.63) is 71.4 Å². The Morgan fingerprint density at radius 2 is 1.88 bits per heavy atom. The first kappa shape index (κ1) is 15.0. The molecule has 1 aliphatic heterocycles. The fraction of sp³-hybridized carbons (Fsp3) is 0.250. The SMILES string of the molecule is COC(=O)C1Cc2c([nH]c3ccccc23)C(Cc2ccccc2)N1. The number of nitrogens with one attached hydrogen (secondary N) is 2. The van der Waals surface area contributed by atoms with Crippen molar-refractivity contribution in [1.29, 1.82) is 0 Å². The summed E-state index contributed by atoms with van der Waals surface area (Å²) >= 11 is 0. The minimum Gasteiger partial charge on any atom is -0.468 e. The van der Waals surface area contributed by atoms with Gasteiger partial charge in [0.2, 0.25) is 0 Å². The average molecular weight is 320 g/mol. The number of hydrogen-bond donors (Lipinski definition) is 2. The van der Waals surface area contributed by atoms with Gasteiger partial charge in [-0.15, -0.1) is 0 Å². The minimum absolute atomic E-state index is 0.0626. The Balaban J connectivity index is 1.76. The van der Waals surface area contributed by atoms with E-state index in [1.165, 1.54) is 29.3 Å². The highest BCUT2D eigenvalue weighted by Crippen LogP contribution is 2.33. The molecule has 2 unspecified atom stereocenters. The van der Waals surface area contributed by atoms with Crippen molar-refractivity contribution < 1.29 is 9.53 Å². The van der Waals surface area contributed by atoms with Gasteiger partial charge in [0, 0.05) is 23.0 Å². The number of rotatable bonds is 3. The monoisotopic (exact) mass is 320 g/mol. The summed E-state index contributed by atoms with van der Waals surface area (Å²) in [5, 5.41) is 4.66. The molecule has 3 aromatic rings. The second-order valence-corrected chi connectivity index (χ2v) is 6.25. The van der Waals surface area contributed by atoms with Crippen LogP contribution in [0.5, 0.6) is 0 Å². The number of para-hydroxylation sites is 1. The lowest BCUT2D eigenvalue weighted by Crippen LogP contribution is -2.45. The van der Waals surface area contributed by atoms with Crippen LogP contribution in [0.2, 0.25) is 0 Å². The van der Waals surface area contributed by atoms with E-state index in [0.717, 1.165) is 11.9 Å². The maximum atomic E-state index is 12.1. The number of aromatic nitrogens is 1. The van der Waals surface area contributed by atoms with Crippen LogP contribution < -0.4 is 5.32 Å². The maximum absolute atomic E-state index is 12.1. The molecule has 0 spiro atoms. The fourth-order valence-electron chi connectivity index (χ4n) is 3.63. The normalized spacial score (nSPS) is 19.9. The molecule has 1 aliphatic rings. The number of methoxy groups -OCH3 is 1. The Bertz CT molecular complexity index is 870. The molecule has 2 atom stereocenters. The molecule has 4 heteroatoms. The van der Waals surface area contributed by atoms with Crippen molar-refractivity contribution >= 4 is 16.9 Å². The number of benzene rings is 2. The first-order chi connectivity index (χ1) is 11.8. The van der Waals surface area contributed by atoms with Crippen molar-refractivity contribution in [1.82, 2.24) is 10.3 Å². The molecular formula is C20H20N2O2. The van der Waals surface area contributed by atoms with E-state index in [2.05, 4.69) is 34.6 Å². The molecule has 2 N–H and O–H groups in total. The highest BCUT2D eigenvalue weighted by atomic mass is 16.5. The van der Waals surface area contributed by atoms with Gasteiger partial charge >= 0.3 is 5.97 Å². The summed E-state index contributed by atoms with van der Waals surface area (Å²) in [6.07, 6.45) is 1.48.